The van der Waals surface area contributed by atoms with Gasteiger partial charge in [0.25, 0.3) is 0 Å². The van der Waals surface area contributed by atoms with Crippen LogP contribution in [0.25, 0.3) is 11.0 Å². The van der Waals surface area contributed by atoms with Crippen LogP contribution in [0.1, 0.15) is 34.6 Å². The Morgan fingerprint density at radius 2 is 2.25 bits per heavy atom. The molecule has 6 nitrogen and oxygen atoms in total. The predicted octanol–water partition coefficient (Wildman–Crippen LogP) is 4.14. The normalized spacial score (nSPS) is 16.8. The van der Waals surface area contributed by atoms with Crippen molar-refractivity contribution in [2.24, 2.45) is 0 Å². The number of benzene rings is 1. The number of fused-ring (bicyclic) bond motifs is 1. The van der Waals surface area contributed by atoms with Crippen LogP contribution in [0.5, 0.6) is 5.75 Å². The van der Waals surface area contributed by atoms with Crippen molar-refractivity contribution < 1.29 is 14.3 Å². The van der Waals surface area contributed by atoms with Gasteiger partial charge in [0.05, 0.1) is 30.0 Å². The molecule has 0 bridgehead atoms. The van der Waals surface area contributed by atoms with Gasteiger partial charge < -0.3 is 19.0 Å². The Morgan fingerprint density at radius 1 is 1.39 bits per heavy atom. The fraction of sp³-hybridized carbons (Fsp3) is 0.429. The summed E-state index contributed by atoms with van der Waals surface area (Å²) in [7, 11) is 1.64. The summed E-state index contributed by atoms with van der Waals surface area (Å²) in [6, 6.07) is 7.70. The van der Waals surface area contributed by atoms with E-state index in [2.05, 4.69) is 21.5 Å². The van der Waals surface area contributed by atoms with E-state index < -0.39 is 0 Å². The Bertz CT molecular complexity index is 1000. The Morgan fingerprint density at radius 3 is 3.00 bits per heavy atom. The van der Waals surface area contributed by atoms with Gasteiger partial charge in [0.15, 0.2) is 10.9 Å². The van der Waals surface area contributed by atoms with Gasteiger partial charge in [0, 0.05) is 36.2 Å². The molecule has 1 fully saturated rings. The van der Waals surface area contributed by atoms with Crippen molar-refractivity contribution in [2.75, 3.05) is 19.5 Å². The summed E-state index contributed by atoms with van der Waals surface area (Å²) in [6.07, 6.45) is 2.47. The summed E-state index contributed by atoms with van der Waals surface area (Å²) in [5.41, 5.74) is 4.69. The predicted molar refractivity (Wildman–Crippen MR) is 111 cm³/mol. The maximum Gasteiger partial charge on any atom is 0.175 e. The molecule has 1 aliphatic rings. The molecule has 1 aliphatic heterocycles. The first kappa shape index (κ1) is 19.1. The third-order valence-electron chi connectivity index (χ3n) is 5.29. The maximum atomic E-state index is 12.8. The number of imidazole rings is 1. The number of hydrogen-bond donors (Lipinski definition) is 1. The summed E-state index contributed by atoms with van der Waals surface area (Å²) in [4.78, 5) is 20.6. The molecule has 1 saturated heterocycles. The zero-order chi connectivity index (χ0) is 19.7. The van der Waals surface area contributed by atoms with Crippen LogP contribution in [0.3, 0.4) is 0 Å². The lowest BCUT2D eigenvalue weighted by atomic mass is 10.2. The van der Waals surface area contributed by atoms with E-state index in [9.17, 15) is 4.79 Å². The summed E-state index contributed by atoms with van der Waals surface area (Å²) in [5, 5.41) is 0.741. The molecule has 4 rings (SSSR count). The van der Waals surface area contributed by atoms with Crippen LogP contribution in [-0.4, -0.2) is 45.9 Å². The summed E-state index contributed by atoms with van der Waals surface area (Å²) < 4.78 is 13.2. The van der Waals surface area contributed by atoms with Gasteiger partial charge in [-0.15, -0.1) is 0 Å². The van der Waals surface area contributed by atoms with Gasteiger partial charge in [-0.3, -0.25) is 4.79 Å². The molecule has 7 heteroatoms. The second-order valence-corrected chi connectivity index (χ2v) is 8.13. The number of carbonyl (C=O) groups excluding carboxylic acids is 1. The molecule has 1 N–H and O–H groups in total. The zero-order valence-corrected chi connectivity index (χ0v) is 17.3. The van der Waals surface area contributed by atoms with Crippen molar-refractivity contribution in [1.82, 2.24) is 14.5 Å². The highest BCUT2D eigenvalue weighted by Crippen LogP contribution is 2.25. The largest absolute Gasteiger partial charge is 0.497 e. The van der Waals surface area contributed by atoms with Crippen molar-refractivity contribution in [3.63, 3.8) is 0 Å². The molecule has 0 amide bonds. The van der Waals surface area contributed by atoms with Gasteiger partial charge in [-0.25, -0.2) is 4.98 Å². The Labute approximate surface area is 168 Å². The third kappa shape index (κ3) is 3.82. The van der Waals surface area contributed by atoms with E-state index in [-0.39, 0.29) is 11.9 Å². The van der Waals surface area contributed by atoms with Gasteiger partial charge in [-0.1, -0.05) is 11.8 Å². The fourth-order valence-electron chi connectivity index (χ4n) is 3.73. The lowest BCUT2D eigenvalue weighted by molar-refractivity contribution is 0.0957. The van der Waals surface area contributed by atoms with Crippen molar-refractivity contribution in [2.45, 2.75) is 44.5 Å². The lowest BCUT2D eigenvalue weighted by Crippen LogP contribution is -2.17. The molecule has 1 aromatic carbocycles. The molecule has 0 spiro atoms. The number of hydrogen-bond acceptors (Lipinski definition) is 5. The number of aromatic nitrogens is 3. The molecule has 0 saturated carbocycles. The van der Waals surface area contributed by atoms with Crippen LogP contribution in [0.4, 0.5) is 0 Å². The van der Waals surface area contributed by atoms with Crippen LogP contribution < -0.4 is 4.74 Å². The van der Waals surface area contributed by atoms with Crippen LogP contribution in [-0.2, 0) is 11.3 Å². The second-order valence-electron chi connectivity index (χ2n) is 7.17. The zero-order valence-electron chi connectivity index (χ0n) is 16.4. The van der Waals surface area contributed by atoms with Crippen LogP contribution in [0.15, 0.2) is 29.4 Å². The monoisotopic (exact) mass is 399 g/mol. The standard InChI is InChI=1S/C21H25N3O3S/c1-13-9-17(14(2)24(13)11-16-5-4-8-27-16)20(25)12-28-21-22-18-7-6-15(26-3)10-19(18)23-21/h6-7,9-10,16H,4-5,8,11-12H2,1-3H3,(H,22,23). The number of ether oxygens (including phenoxy) is 2. The highest BCUT2D eigenvalue weighted by molar-refractivity contribution is 7.99. The number of methoxy groups -OCH3 is 1. The third-order valence-corrected chi connectivity index (χ3v) is 6.16. The molecule has 3 aromatic rings. The summed E-state index contributed by atoms with van der Waals surface area (Å²) >= 11 is 1.43. The van der Waals surface area contributed by atoms with Gasteiger partial charge in [-0.05, 0) is 44.9 Å². The van der Waals surface area contributed by atoms with Gasteiger partial charge in [0.1, 0.15) is 5.75 Å². The molecule has 2 aromatic heterocycles. The minimum atomic E-state index is 0.120. The number of nitrogens with one attached hydrogen (secondary N) is 1. The SMILES string of the molecule is COc1ccc2nc(SCC(=O)c3cc(C)n(CC4CCCO4)c3C)[nH]c2c1. The summed E-state index contributed by atoms with van der Waals surface area (Å²) in [5.74, 6) is 1.25. The van der Waals surface area contributed by atoms with Crippen LogP contribution in [0.2, 0.25) is 0 Å². The highest BCUT2D eigenvalue weighted by atomic mass is 32.2. The minimum Gasteiger partial charge on any atom is -0.497 e. The van der Waals surface area contributed by atoms with Crippen molar-refractivity contribution in [3.8, 4) is 5.75 Å². The molecule has 3 heterocycles. The maximum absolute atomic E-state index is 12.8. The van der Waals surface area contributed by atoms with Gasteiger partial charge in [-0.2, -0.15) is 0 Å². The van der Waals surface area contributed by atoms with Crippen molar-refractivity contribution in [3.05, 3.63) is 41.2 Å². The molecule has 0 aliphatic carbocycles. The van der Waals surface area contributed by atoms with Crippen LogP contribution >= 0.6 is 11.8 Å². The van der Waals surface area contributed by atoms with E-state index in [0.717, 1.165) is 64.9 Å². The van der Waals surface area contributed by atoms with E-state index in [1.54, 1.807) is 7.11 Å². The Kier molecular flexibility index (Phi) is 5.46. The summed E-state index contributed by atoms with van der Waals surface area (Å²) in [6.45, 7) is 5.74. The molecular formula is C21H25N3O3S. The number of aryl methyl sites for hydroxylation is 1. The molecule has 148 valence electrons. The van der Waals surface area contributed by atoms with Crippen molar-refractivity contribution in [1.29, 1.82) is 0 Å². The van der Waals surface area contributed by atoms with E-state index in [1.807, 2.05) is 31.2 Å². The smallest absolute Gasteiger partial charge is 0.175 e. The van der Waals surface area contributed by atoms with Crippen molar-refractivity contribution >= 4 is 28.6 Å². The lowest BCUT2D eigenvalue weighted by Gasteiger charge is -2.14. The van der Waals surface area contributed by atoms with E-state index >= 15 is 0 Å². The first-order valence-corrected chi connectivity index (χ1v) is 10.5. The number of rotatable bonds is 7. The first-order chi connectivity index (χ1) is 13.5. The second kappa shape index (κ2) is 8.01. The minimum absolute atomic E-state index is 0.120. The molecule has 0 radical (unpaired) electrons. The van der Waals surface area contributed by atoms with E-state index in [0.29, 0.717) is 5.75 Å². The van der Waals surface area contributed by atoms with Crippen LogP contribution in [0, 0.1) is 13.8 Å². The van der Waals surface area contributed by atoms with E-state index in [4.69, 9.17) is 9.47 Å². The number of nitrogens with zero attached hydrogens (tertiary/aromatic N) is 2. The molecule has 1 atom stereocenters. The first-order valence-electron chi connectivity index (χ1n) is 9.53. The Hall–Kier alpha value is -2.25. The highest BCUT2D eigenvalue weighted by Gasteiger charge is 2.21. The quantitative estimate of drug-likeness (QED) is 0.478. The molecule has 1 unspecified atom stereocenters. The molecule has 28 heavy (non-hydrogen) atoms. The average Bonchev–Trinajstić information content (AvgIpc) is 3.41. The average molecular weight is 400 g/mol. The number of aromatic amines is 1. The number of carbonyl (C=O) groups is 1. The molecular weight excluding hydrogens is 374 g/mol. The Balaban J connectivity index is 1.45. The van der Waals surface area contributed by atoms with Gasteiger partial charge in [0.2, 0.25) is 0 Å². The topological polar surface area (TPSA) is 69.1 Å². The number of thioether (sulfide) groups is 1. The van der Waals surface area contributed by atoms with E-state index in [1.165, 1.54) is 11.8 Å². The fourth-order valence-corrected chi connectivity index (χ4v) is 4.50. The van der Waals surface area contributed by atoms with Gasteiger partial charge >= 0.3 is 0 Å². The number of Topliss-reactive ketones (excluding diaryl/α,β-unsaturated/α-hetero) is 1. The number of ketones is 1. The number of H-pyrrole nitrogens is 1.